The van der Waals surface area contributed by atoms with E-state index in [4.69, 9.17) is 0 Å². The van der Waals surface area contributed by atoms with Crippen molar-refractivity contribution in [3.05, 3.63) is 95.8 Å². The lowest BCUT2D eigenvalue weighted by Gasteiger charge is -2.20. The molecule has 0 heterocycles. The number of carbonyl (C=O) groups is 1. The first-order valence-corrected chi connectivity index (χ1v) is 10.1. The molecule has 0 radical (unpaired) electrons. The molecule has 0 aliphatic carbocycles. The summed E-state index contributed by atoms with van der Waals surface area (Å²) in [4.78, 5) is 15.4. The number of halogens is 1. The largest absolute Gasteiger partial charge is 0.373 e. The molecule has 3 nitrogen and oxygen atoms in total. The zero-order chi connectivity index (χ0) is 19.8. The third kappa shape index (κ3) is 5.86. The van der Waals surface area contributed by atoms with Crippen molar-refractivity contribution < 1.29 is 9.18 Å². The first kappa shape index (κ1) is 20.0. The van der Waals surface area contributed by atoms with Gasteiger partial charge < -0.3 is 10.2 Å². The van der Waals surface area contributed by atoms with Crippen LogP contribution in [0.5, 0.6) is 0 Å². The number of hydrogen-bond acceptors (Lipinski definition) is 3. The van der Waals surface area contributed by atoms with Crippen LogP contribution in [0.2, 0.25) is 0 Å². The van der Waals surface area contributed by atoms with E-state index in [9.17, 15) is 9.18 Å². The number of benzene rings is 3. The standard InChI is InChI=1S/C23H23FN2OS/c1-26(16-15-25-23(27)19-7-9-20(24)10-8-19)21-11-13-22(14-12-21)28-17-18-5-3-2-4-6-18/h2-14H,15-17H2,1H3,(H,25,27). The number of carbonyl (C=O) groups excluding carboxylic acids is 1. The number of nitrogens with zero attached hydrogens (tertiary/aromatic N) is 1. The highest BCUT2D eigenvalue weighted by Crippen LogP contribution is 2.25. The van der Waals surface area contributed by atoms with Gasteiger partial charge in [0.1, 0.15) is 5.82 Å². The lowest BCUT2D eigenvalue weighted by atomic mass is 10.2. The van der Waals surface area contributed by atoms with Crippen molar-refractivity contribution in [1.82, 2.24) is 5.32 Å². The lowest BCUT2D eigenvalue weighted by Crippen LogP contribution is -2.32. The van der Waals surface area contributed by atoms with E-state index in [0.29, 0.717) is 18.7 Å². The summed E-state index contributed by atoms with van der Waals surface area (Å²) in [5.74, 6) is 0.411. The molecule has 0 aliphatic rings. The topological polar surface area (TPSA) is 32.3 Å². The number of hydrogen-bond donors (Lipinski definition) is 1. The third-order valence-electron chi connectivity index (χ3n) is 4.37. The number of nitrogens with one attached hydrogen (secondary N) is 1. The van der Waals surface area contributed by atoms with Gasteiger partial charge in [-0.05, 0) is 54.1 Å². The van der Waals surface area contributed by atoms with Gasteiger partial charge in [-0.25, -0.2) is 4.39 Å². The molecular formula is C23H23FN2OS. The van der Waals surface area contributed by atoms with Gasteiger partial charge in [0.25, 0.3) is 5.91 Å². The molecule has 0 saturated heterocycles. The Hall–Kier alpha value is -2.79. The maximum atomic E-state index is 12.9. The van der Waals surface area contributed by atoms with Crippen LogP contribution in [0.4, 0.5) is 10.1 Å². The van der Waals surface area contributed by atoms with Gasteiger partial charge in [0.2, 0.25) is 0 Å². The molecule has 3 aromatic carbocycles. The molecule has 5 heteroatoms. The minimum Gasteiger partial charge on any atom is -0.373 e. The Labute approximate surface area is 169 Å². The molecule has 0 atom stereocenters. The van der Waals surface area contributed by atoms with Crippen LogP contribution in [-0.4, -0.2) is 26.0 Å². The van der Waals surface area contributed by atoms with Gasteiger partial charge in [0, 0.05) is 42.0 Å². The maximum Gasteiger partial charge on any atom is 0.251 e. The van der Waals surface area contributed by atoms with Crippen molar-refractivity contribution in [2.75, 3.05) is 25.0 Å². The molecule has 144 valence electrons. The summed E-state index contributed by atoms with van der Waals surface area (Å²) in [6.07, 6.45) is 0. The van der Waals surface area contributed by atoms with Crippen LogP contribution in [-0.2, 0) is 5.75 Å². The number of likely N-dealkylation sites (N-methyl/N-ethyl adjacent to an activating group) is 1. The van der Waals surface area contributed by atoms with Crippen molar-refractivity contribution in [1.29, 1.82) is 0 Å². The van der Waals surface area contributed by atoms with E-state index < -0.39 is 0 Å². The molecule has 0 spiro atoms. The predicted molar refractivity (Wildman–Crippen MR) is 114 cm³/mol. The fraction of sp³-hybridized carbons (Fsp3) is 0.174. The first-order chi connectivity index (χ1) is 13.6. The summed E-state index contributed by atoms with van der Waals surface area (Å²) < 4.78 is 12.9. The van der Waals surface area contributed by atoms with Crippen LogP contribution in [0, 0.1) is 5.82 Å². The van der Waals surface area contributed by atoms with E-state index in [0.717, 1.165) is 11.4 Å². The highest BCUT2D eigenvalue weighted by molar-refractivity contribution is 7.98. The molecular weight excluding hydrogens is 371 g/mol. The maximum absolute atomic E-state index is 12.9. The van der Waals surface area contributed by atoms with Crippen molar-refractivity contribution in [3.63, 3.8) is 0 Å². The second-order valence-electron chi connectivity index (χ2n) is 6.45. The molecule has 3 rings (SSSR count). The molecule has 0 aliphatic heterocycles. The molecule has 28 heavy (non-hydrogen) atoms. The normalized spacial score (nSPS) is 10.5. The van der Waals surface area contributed by atoms with Crippen molar-refractivity contribution in [2.45, 2.75) is 10.6 Å². The SMILES string of the molecule is CN(CCNC(=O)c1ccc(F)cc1)c1ccc(SCc2ccccc2)cc1. The lowest BCUT2D eigenvalue weighted by molar-refractivity contribution is 0.0954. The van der Waals surface area contributed by atoms with Crippen LogP contribution in [0.15, 0.2) is 83.8 Å². The molecule has 0 unspecified atom stereocenters. The zero-order valence-corrected chi connectivity index (χ0v) is 16.6. The fourth-order valence-electron chi connectivity index (χ4n) is 2.71. The van der Waals surface area contributed by atoms with Gasteiger partial charge in [0.05, 0.1) is 0 Å². The molecule has 0 saturated carbocycles. The summed E-state index contributed by atoms with van der Waals surface area (Å²) in [6, 6.07) is 24.4. The Morgan fingerprint density at radius 1 is 0.964 bits per heavy atom. The smallest absolute Gasteiger partial charge is 0.251 e. The van der Waals surface area contributed by atoms with E-state index in [1.165, 1.54) is 34.7 Å². The zero-order valence-electron chi connectivity index (χ0n) is 15.8. The number of amides is 1. The van der Waals surface area contributed by atoms with Gasteiger partial charge in [-0.15, -0.1) is 11.8 Å². The van der Waals surface area contributed by atoms with Gasteiger partial charge in [0.15, 0.2) is 0 Å². The number of rotatable bonds is 8. The van der Waals surface area contributed by atoms with Gasteiger partial charge >= 0.3 is 0 Å². The minimum absolute atomic E-state index is 0.193. The molecule has 1 N–H and O–H groups in total. The Balaban J connectivity index is 1.44. The Kier molecular flexibility index (Phi) is 7.09. The van der Waals surface area contributed by atoms with Crippen molar-refractivity contribution >= 4 is 23.4 Å². The summed E-state index contributed by atoms with van der Waals surface area (Å²) >= 11 is 1.81. The van der Waals surface area contributed by atoms with Crippen LogP contribution in [0.3, 0.4) is 0 Å². The molecule has 0 bridgehead atoms. The van der Waals surface area contributed by atoms with E-state index in [1.54, 1.807) is 0 Å². The second kappa shape index (κ2) is 9.95. The van der Waals surface area contributed by atoms with E-state index in [1.807, 2.05) is 24.9 Å². The first-order valence-electron chi connectivity index (χ1n) is 9.13. The summed E-state index contributed by atoms with van der Waals surface area (Å²) in [5, 5.41) is 2.86. The minimum atomic E-state index is -0.346. The molecule has 1 amide bonds. The van der Waals surface area contributed by atoms with Gasteiger partial charge in [-0.1, -0.05) is 30.3 Å². The molecule has 3 aromatic rings. The fourth-order valence-corrected chi connectivity index (χ4v) is 3.56. The van der Waals surface area contributed by atoms with Crippen LogP contribution < -0.4 is 10.2 Å². The average Bonchev–Trinajstić information content (AvgIpc) is 2.73. The van der Waals surface area contributed by atoms with Crippen LogP contribution in [0.25, 0.3) is 0 Å². The van der Waals surface area contributed by atoms with E-state index in [-0.39, 0.29) is 11.7 Å². The highest BCUT2D eigenvalue weighted by atomic mass is 32.2. The molecule has 0 aromatic heterocycles. The highest BCUT2D eigenvalue weighted by Gasteiger charge is 2.06. The quantitative estimate of drug-likeness (QED) is 0.547. The van der Waals surface area contributed by atoms with Gasteiger partial charge in [-0.3, -0.25) is 4.79 Å². The third-order valence-corrected chi connectivity index (χ3v) is 5.45. The van der Waals surface area contributed by atoms with Crippen LogP contribution in [0.1, 0.15) is 15.9 Å². The average molecular weight is 395 g/mol. The van der Waals surface area contributed by atoms with Crippen molar-refractivity contribution in [2.24, 2.45) is 0 Å². The number of thioether (sulfide) groups is 1. The summed E-state index contributed by atoms with van der Waals surface area (Å²) in [6.45, 7) is 1.20. The van der Waals surface area contributed by atoms with Crippen LogP contribution >= 0.6 is 11.8 Å². The predicted octanol–water partition coefficient (Wildman–Crippen LogP) is 4.98. The second-order valence-corrected chi connectivity index (χ2v) is 7.50. The summed E-state index contributed by atoms with van der Waals surface area (Å²) in [7, 11) is 2.00. The van der Waals surface area contributed by atoms with E-state index in [2.05, 4.69) is 58.7 Å². The Morgan fingerprint density at radius 3 is 2.32 bits per heavy atom. The Bertz CT molecular complexity index is 883. The summed E-state index contributed by atoms with van der Waals surface area (Å²) in [5.41, 5.74) is 2.87. The Morgan fingerprint density at radius 2 is 1.64 bits per heavy atom. The van der Waals surface area contributed by atoms with E-state index >= 15 is 0 Å². The van der Waals surface area contributed by atoms with Crippen molar-refractivity contribution in [3.8, 4) is 0 Å². The van der Waals surface area contributed by atoms with Gasteiger partial charge in [-0.2, -0.15) is 0 Å². The number of anilines is 1. The monoisotopic (exact) mass is 394 g/mol. The molecule has 0 fully saturated rings.